The highest BCUT2D eigenvalue weighted by atomic mass is 32.2. The molecule has 0 radical (unpaired) electrons. The third kappa shape index (κ3) is 4.92. The highest BCUT2D eigenvalue weighted by Gasteiger charge is 2.31. The fraction of sp³-hybridized carbons (Fsp3) is 0.450. The molecule has 0 aliphatic carbocycles. The smallest absolute Gasteiger partial charge is 0.252 e. The largest absolute Gasteiger partial charge is 0.497 e. The predicted molar refractivity (Wildman–Crippen MR) is 111 cm³/mol. The lowest BCUT2D eigenvalue weighted by Crippen LogP contribution is -2.38. The van der Waals surface area contributed by atoms with Crippen LogP contribution in [-0.2, 0) is 14.8 Å². The summed E-state index contributed by atoms with van der Waals surface area (Å²) in [6.07, 6.45) is 2.77. The molecule has 0 spiro atoms. The average Bonchev–Trinajstić information content (AvgIpc) is 3.13. The van der Waals surface area contributed by atoms with E-state index in [4.69, 9.17) is 4.74 Å². The van der Waals surface area contributed by atoms with Gasteiger partial charge in [0.05, 0.1) is 7.11 Å². The molecule has 1 aromatic heterocycles. The van der Waals surface area contributed by atoms with E-state index in [-0.39, 0.29) is 5.91 Å². The van der Waals surface area contributed by atoms with Gasteiger partial charge in [-0.3, -0.25) is 4.79 Å². The summed E-state index contributed by atoms with van der Waals surface area (Å²) in [5.41, 5.74) is 1.53. The molecule has 1 aliphatic rings. The van der Waals surface area contributed by atoms with Crippen LogP contribution < -0.4 is 10.1 Å². The van der Waals surface area contributed by atoms with Gasteiger partial charge >= 0.3 is 0 Å². The number of thiophene rings is 1. The molecule has 0 bridgehead atoms. The van der Waals surface area contributed by atoms with Crippen molar-refractivity contribution in [2.45, 2.75) is 36.8 Å². The van der Waals surface area contributed by atoms with Crippen molar-refractivity contribution in [3.8, 4) is 5.75 Å². The Morgan fingerprint density at radius 1 is 1.29 bits per heavy atom. The van der Waals surface area contributed by atoms with Gasteiger partial charge in [-0.25, -0.2) is 8.42 Å². The zero-order valence-corrected chi connectivity index (χ0v) is 17.8. The van der Waals surface area contributed by atoms with Crippen LogP contribution in [0.15, 0.2) is 39.9 Å². The van der Waals surface area contributed by atoms with Crippen molar-refractivity contribution >= 4 is 33.0 Å². The first-order chi connectivity index (χ1) is 13.4. The number of methoxy groups -OCH3 is 1. The van der Waals surface area contributed by atoms with Crippen LogP contribution in [0.4, 0.5) is 5.69 Å². The van der Waals surface area contributed by atoms with Crippen molar-refractivity contribution in [2.75, 3.05) is 25.5 Å². The summed E-state index contributed by atoms with van der Waals surface area (Å²) in [5.74, 6) is 1.04. The molecular formula is C20H26N2O4S2. The Hall–Kier alpha value is -1.90. The van der Waals surface area contributed by atoms with Crippen LogP contribution in [0.25, 0.3) is 0 Å². The molecule has 2 heterocycles. The second-order valence-electron chi connectivity index (χ2n) is 7.06. The fourth-order valence-electron chi connectivity index (χ4n) is 3.44. The quantitative estimate of drug-likeness (QED) is 0.735. The maximum atomic E-state index is 12.8. The number of nitrogens with zero attached hydrogens (tertiary/aromatic N) is 1. The summed E-state index contributed by atoms with van der Waals surface area (Å²) >= 11 is 1.28. The number of hydrogen-bond acceptors (Lipinski definition) is 5. The lowest BCUT2D eigenvalue weighted by molar-refractivity contribution is -0.116. The van der Waals surface area contributed by atoms with Crippen LogP contribution in [0.2, 0.25) is 0 Å². The van der Waals surface area contributed by atoms with E-state index in [9.17, 15) is 13.2 Å². The molecule has 2 aromatic rings. The predicted octanol–water partition coefficient (Wildman–Crippen LogP) is 3.88. The van der Waals surface area contributed by atoms with Crippen molar-refractivity contribution in [1.82, 2.24) is 4.31 Å². The molecule has 1 N–H and O–H groups in total. The summed E-state index contributed by atoms with van der Waals surface area (Å²) in [6.45, 7) is 2.86. The van der Waals surface area contributed by atoms with Crippen LogP contribution in [0.1, 0.15) is 31.2 Å². The molecule has 28 heavy (non-hydrogen) atoms. The molecule has 152 valence electrons. The normalized spacial score (nSPS) is 16.1. The van der Waals surface area contributed by atoms with Gasteiger partial charge in [-0.15, -0.1) is 11.3 Å². The monoisotopic (exact) mass is 422 g/mol. The number of benzene rings is 1. The minimum Gasteiger partial charge on any atom is -0.497 e. The second kappa shape index (κ2) is 9.07. The maximum absolute atomic E-state index is 12.8. The topological polar surface area (TPSA) is 75.7 Å². The Bertz CT molecular complexity index is 916. The van der Waals surface area contributed by atoms with Crippen molar-refractivity contribution in [2.24, 2.45) is 5.92 Å². The molecule has 8 heteroatoms. The number of nitrogens with one attached hydrogen (secondary N) is 1. The van der Waals surface area contributed by atoms with Crippen molar-refractivity contribution < 1.29 is 17.9 Å². The lowest BCUT2D eigenvalue weighted by atomic mass is 9.93. The zero-order valence-electron chi connectivity index (χ0n) is 16.2. The van der Waals surface area contributed by atoms with E-state index in [1.54, 1.807) is 17.5 Å². The summed E-state index contributed by atoms with van der Waals surface area (Å²) < 4.78 is 32.7. The molecule has 0 unspecified atom stereocenters. The Balaban J connectivity index is 1.47. The highest BCUT2D eigenvalue weighted by molar-refractivity contribution is 7.91. The van der Waals surface area contributed by atoms with E-state index in [0.29, 0.717) is 35.4 Å². The molecule has 1 amide bonds. The standard InChI is InChI=1S/C20H26N2O4S2/c1-15-10-13-27-20(15)28(24,25)22-11-8-16(9-12-22)6-7-19(23)21-17-4-3-5-18(14-17)26-2/h3-5,10,13-14,16H,6-9,11-12H2,1-2H3,(H,21,23). The summed E-state index contributed by atoms with van der Waals surface area (Å²) in [6, 6.07) is 9.12. The van der Waals surface area contributed by atoms with E-state index in [1.807, 2.05) is 36.6 Å². The summed E-state index contributed by atoms with van der Waals surface area (Å²) in [4.78, 5) is 12.2. The van der Waals surface area contributed by atoms with Gasteiger partial charge in [-0.05, 0) is 61.2 Å². The minimum atomic E-state index is -3.39. The van der Waals surface area contributed by atoms with E-state index >= 15 is 0 Å². The van der Waals surface area contributed by atoms with Crippen LogP contribution in [0.3, 0.4) is 0 Å². The van der Waals surface area contributed by atoms with Crippen LogP contribution in [0, 0.1) is 12.8 Å². The average molecular weight is 423 g/mol. The van der Waals surface area contributed by atoms with Crippen LogP contribution in [0.5, 0.6) is 5.75 Å². The number of anilines is 1. The van der Waals surface area contributed by atoms with Gasteiger partial charge in [0.1, 0.15) is 9.96 Å². The van der Waals surface area contributed by atoms with Gasteiger partial charge in [-0.1, -0.05) is 6.07 Å². The molecule has 1 aliphatic heterocycles. The lowest BCUT2D eigenvalue weighted by Gasteiger charge is -2.31. The van der Waals surface area contributed by atoms with E-state index in [2.05, 4.69) is 5.32 Å². The summed E-state index contributed by atoms with van der Waals surface area (Å²) in [5, 5.41) is 4.71. The van der Waals surface area contributed by atoms with Gasteiger partial charge in [0, 0.05) is 31.3 Å². The van der Waals surface area contributed by atoms with Crippen molar-refractivity contribution in [1.29, 1.82) is 0 Å². The Labute approximate surface area is 170 Å². The van der Waals surface area contributed by atoms with Crippen molar-refractivity contribution in [3.63, 3.8) is 0 Å². The Kier molecular flexibility index (Phi) is 6.74. The first-order valence-electron chi connectivity index (χ1n) is 9.38. The number of ether oxygens (including phenoxy) is 1. The molecule has 1 fully saturated rings. The fourth-order valence-corrected chi connectivity index (χ4v) is 6.46. The number of hydrogen-bond donors (Lipinski definition) is 1. The number of carbonyl (C=O) groups excluding carboxylic acids is 1. The molecule has 1 saturated heterocycles. The number of rotatable bonds is 7. The van der Waals surface area contributed by atoms with Crippen LogP contribution in [-0.4, -0.2) is 38.8 Å². The zero-order chi connectivity index (χ0) is 20.1. The highest BCUT2D eigenvalue weighted by Crippen LogP contribution is 2.30. The van der Waals surface area contributed by atoms with E-state index < -0.39 is 10.0 Å². The second-order valence-corrected chi connectivity index (χ2v) is 10.1. The SMILES string of the molecule is COc1cccc(NC(=O)CCC2CCN(S(=O)(=O)c3sccc3C)CC2)c1. The summed E-state index contributed by atoms with van der Waals surface area (Å²) in [7, 11) is -1.80. The number of piperidine rings is 1. The third-order valence-corrected chi connectivity index (χ3v) is 8.66. The first-order valence-corrected chi connectivity index (χ1v) is 11.7. The number of carbonyl (C=O) groups is 1. The van der Waals surface area contributed by atoms with Gasteiger partial charge in [0.2, 0.25) is 5.91 Å². The number of sulfonamides is 1. The van der Waals surface area contributed by atoms with E-state index in [0.717, 1.165) is 30.5 Å². The Morgan fingerprint density at radius 3 is 2.68 bits per heavy atom. The first kappa shape index (κ1) is 20.8. The van der Waals surface area contributed by atoms with Gasteiger partial charge in [-0.2, -0.15) is 4.31 Å². The molecule has 0 saturated carbocycles. The van der Waals surface area contributed by atoms with E-state index in [1.165, 1.54) is 11.3 Å². The third-order valence-electron chi connectivity index (χ3n) is 5.10. The number of amides is 1. The number of aryl methyl sites for hydroxylation is 1. The molecule has 6 nitrogen and oxygen atoms in total. The van der Waals surface area contributed by atoms with Gasteiger partial charge in [0.15, 0.2) is 0 Å². The maximum Gasteiger partial charge on any atom is 0.252 e. The molecular weight excluding hydrogens is 396 g/mol. The minimum absolute atomic E-state index is 0.0301. The molecule has 0 atom stereocenters. The van der Waals surface area contributed by atoms with Crippen LogP contribution >= 0.6 is 11.3 Å². The molecule has 3 rings (SSSR count). The Morgan fingerprint density at radius 2 is 2.04 bits per heavy atom. The molecule has 1 aromatic carbocycles. The van der Waals surface area contributed by atoms with Gasteiger partial charge in [0.25, 0.3) is 10.0 Å². The van der Waals surface area contributed by atoms with Gasteiger partial charge < -0.3 is 10.1 Å². The van der Waals surface area contributed by atoms with Crippen molar-refractivity contribution in [3.05, 3.63) is 41.3 Å².